The van der Waals surface area contributed by atoms with Crippen LogP contribution in [0.4, 0.5) is 9.93 Å². The molecule has 3 atom stereocenters. The molecule has 3 aliphatic rings. The molecule has 22 heteroatoms. The number of amides is 4. The largest absolute Gasteiger partial charge is 0.504 e. The van der Waals surface area contributed by atoms with Crippen molar-refractivity contribution in [2.45, 2.75) is 36.1 Å². The lowest BCUT2D eigenvalue weighted by Crippen LogP contribution is -2.59. The van der Waals surface area contributed by atoms with Gasteiger partial charge in [-0.2, -0.15) is 5.10 Å². The summed E-state index contributed by atoms with van der Waals surface area (Å²) in [5.41, 5.74) is 8.16. The number of halogens is 1. The fourth-order valence-corrected chi connectivity index (χ4v) is 7.62. The molecular formula is C27H27ClN8O11S2. The number of aliphatic carboxylic acids is 2. The minimum Gasteiger partial charge on any atom is -0.504 e. The van der Waals surface area contributed by atoms with E-state index in [0.29, 0.717) is 0 Å². The number of carbonyl (C=O) groups is 6. The Morgan fingerprint density at radius 3 is 2.45 bits per heavy atom. The number of fused-ring (bicyclic) bond motifs is 1. The molecule has 1 aromatic heterocycles. The first-order chi connectivity index (χ1) is 22.9. The minimum atomic E-state index is -2.02. The Morgan fingerprint density at radius 1 is 1.16 bits per heavy atom. The Bertz CT molecular complexity index is 1870. The second-order valence-electron chi connectivity index (χ2n) is 11.4. The van der Waals surface area contributed by atoms with E-state index in [1.807, 2.05) is 0 Å². The number of anilines is 1. The Kier molecular flexibility index (Phi) is 9.12. The summed E-state index contributed by atoms with van der Waals surface area (Å²) in [7, 11) is 0. The second-order valence-corrected chi connectivity index (χ2v) is 14.0. The van der Waals surface area contributed by atoms with E-state index >= 15 is 0 Å². The molecule has 19 nitrogen and oxygen atoms in total. The molecule has 1 aromatic carbocycles. The fourth-order valence-electron chi connectivity index (χ4n) is 5.13. The van der Waals surface area contributed by atoms with Gasteiger partial charge in [-0.25, -0.2) is 24.4 Å². The number of oxime groups is 1. The number of nitrogens with two attached hydrogens (primary N) is 2. The van der Waals surface area contributed by atoms with Gasteiger partial charge in [-0.3, -0.25) is 19.3 Å². The van der Waals surface area contributed by atoms with Crippen molar-refractivity contribution in [3.8, 4) is 11.5 Å². The van der Waals surface area contributed by atoms with Crippen LogP contribution in [0.5, 0.6) is 11.5 Å². The summed E-state index contributed by atoms with van der Waals surface area (Å²) >= 11 is 7.80. The maximum atomic E-state index is 13.6. The fraction of sp³-hybridized carbons (Fsp3) is 0.370. The summed E-state index contributed by atoms with van der Waals surface area (Å²) in [5, 5.41) is 48.1. The molecule has 0 spiro atoms. The summed E-state index contributed by atoms with van der Waals surface area (Å²) in [6.45, 7) is 1.55. The highest BCUT2D eigenvalue weighted by molar-refractivity contribution is 8.02. The van der Waals surface area contributed by atoms with Gasteiger partial charge < -0.3 is 41.6 Å². The maximum absolute atomic E-state index is 13.6. The molecule has 2 aromatic rings. The van der Waals surface area contributed by atoms with Crippen LogP contribution in [-0.2, 0) is 28.8 Å². The van der Waals surface area contributed by atoms with Gasteiger partial charge in [0.1, 0.15) is 5.69 Å². The number of rotatable bonds is 12. The molecule has 4 amide bonds. The van der Waals surface area contributed by atoms with E-state index in [4.69, 9.17) is 27.9 Å². The Balaban J connectivity index is 1.37. The molecule has 0 aliphatic carbocycles. The first-order valence-electron chi connectivity index (χ1n) is 14.0. The summed E-state index contributed by atoms with van der Waals surface area (Å²) in [5.74, 6) is -7.71. The molecule has 4 heterocycles. The molecule has 3 fully saturated rings. The van der Waals surface area contributed by atoms with Crippen LogP contribution in [0, 0.1) is 5.92 Å². The van der Waals surface area contributed by atoms with Crippen LogP contribution in [-0.4, -0.2) is 123 Å². The molecule has 8 N–H and O–H groups in total. The van der Waals surface area contributed by atoms with Crippen LogP contribution in [0.1, 0.15) is 31.5 Å². The van der Waals surface area contributed by atoms with Gasteiger partial charge >= 0.3 is 18.0 Å². The highest BCUT2D eigenvalue weighted by atomic mass is 35.5. The zero-order valence-electron chi connectivity index (χ0n) is 25.4. The molecule has 3 saturated heterocycles. The van der Waals surface area contributed by atoms with E-state index in [2.05, 4.69) is 15.2 Å². The van der Waals surface area contributed by atoms with E-state index in [1.165, 1.54) is 24.1 Å². The van der Waals surface area contributed by atoms with Gasteiger partial charge in [0.25, 0.3) is 5.91 Å². The van der Waals surface area contributed by atoms with Crippen LogP contribution in [0.15, 0.2) is 27.8 Å². The third-order valence-corrected chi connectivity index (χ3v) is 10.6. The molecule has 0 radical (unpaired) electrons. The van der Waals surface area contributed by atoms with Gasteiger partial charge in [-0.05, 0) is 26.0 Å². The van der Waals surface area contributed by atoms with Crippen LogP contribution in [0.3, 0.4) is 0 Å². The number of nitrogens with zero attached hydrogens (tertiary/aromatic N) is 6. The number of benzene rings is 1. The number of carboxylic acid groups (broad SMARTS) is 2. The molecule has 260 valence electrons. The van der Waals surface area contributed by atoms with Crippen LogP contribution >= 0.6 is 34.7 Å². The van der Waals surface area contributed by atoms with Crippen LogP contribution in [0.25, 0.3) is 0 Å². The first-order valence-corrected chi connectivity index (χ1v) is 16.2. The van der Waals surface area contributed by atoms with Crippen LogP contribution in [0.2, 0.25) is 5.02 Å². The average Bonchev–Trinajstić information content (AvgIpc) is 3.73. The molecule has 3 aliphatic heterocycles. The number of aromatic hydroxyl groups is 2. The number of hydrogen-bond donors (Lipinski definition) is 6. The van der Waals surface area contributed by atoms with Gasteiger partial charge in [-0.1, -0.05) is 28.5 Å². The number of Topliss-reactive ketones (excluding diaryl/α,β-unsaturated/α-hetero) is 1. The van der Waals surface area contributed by atoms with Gasteiger partial charge in [0.15, 0.2) is 33.8 Å². The maximum Gasteiger partial charge on any atom is 0.350 e. The average molecular weight is 739 g/mol. The Hall–Kier alpha value is -5.15. The molecular weight excluding hydrogens is 712 g/mol. The number of nitrogen functional groups attached to an aromatic ring is 1. The number of primary amides is 1. The van der Waals surface area contributed by atoms with Crippen molar-refractivity contribution >= 4 is 86.8 Å². The topological polar surface area (TPSA) is 292 Å². The zero-order valence-corrected chi connectivity index (χ0v) is 27.8. The lowest BCUT2D eigenvalue weighted by Gasteiger charge is -2.40. The molecule has 5 rings (SSSR count). The number of thiazole rings is 1. The van der Waals surface area contributed by atoms with Crippen molar-refractivity contribution in [3.05, 3.63) is 33.8 Å². The third kappa shape index (κ3) is 6.15. The standard InChI is InChI=1S/C27H27ClN8O11S2/c1-26(2,22(42)43)47-33-17(12-8-48-24(30)31-12)14(38)7-11-20(41)34-9-27(23(44)45,49-21(11)34)35-5-6-36(25(35)46)32-16(19(29)40)10-3-4-13(37)18(39)15(10)28/h3-4,8,11,21,37,39H,5-7,9H2,1-2H3,(H2,29,40)(H2,30,31)(H,42,43)(H,44,45)/b32-16-,33-17-/t11?,21-,27-/m1/s1. The van der Waals surface area contributed by atoms with Gasteiger partial charge in [0.05, 0.1) is 29.4 Å². The number of hydrogen-bond acceptors (Lipinski definition) is 15. The highest BCUT2D eigenvalue weighted by Gasteiger charge is 2.66. The van der Waals surface area contributed by atoms with E-state index < -0.39 is 98.2 Å². The van der Waals surface area contributed by atoms with Crippen molar-refractivity contribution < 1.29 is 54.0 Å². The lowest BCUT2D eigenvalue weighted by atomic mass is 9.90. The number of hydrazone groups is 1. The Morgan fingerprint density at radius 2 is 1.86 bits per heavy atom. The van der Waals surface area contributed by atoms with E-state index in [-0.39, 0.29) is 29.5 Å². The Labute approximate surface area is 288 Å². The predicted molar refractivity (Wildman–Crippen MR) is 172 cm³/mol. The van der Waals surface area contributed by atoms with Crippen molar-refractivity contribution in [1.82, 2.24) is 19.8 Å². The number of ketones is 1. The van der Waals surface area contributed by atoms with Gasteiger partial charge in [0.2, 0.25) is 16.4 Å². The number of β-lactam (4-membered cyclic amide) rings is 1. The summed E-state index contributed by atoms with van der Waals surface area (Å²) in [6, 6.07) is 1.21. The third-order valence-electron chi connectivity index (χ3n) is 7.83. The van der Waals surface area contributed by atoms with Crippen molar-refractivity contribution in [2.24, 2.45) is 21.9 Å². The number of phenolic OH excluding ortho intramolecular Hbond substituents is 2. The number of carboxylic acids is 2. The minimum absolute atomic E-state index is 0.0151. The summed E-state index contributed by atoms with van der Waals surface area (Å²) in [4.78, 5) is 86.1. The predicted octanol–water partition coefficient (Wildman–Crippen LogP) is 0.272. The quantitative estimate of drug-likeness (QED) is 0.0738. The van der Waals surface area contributed by atoms with Gasteiger partial charge in [0, 0.05) is 23.9 Å². The number of urea groups is 1. The van der Waals surface area contributed by atoms with Gasteiger partial charge in [-0.15, -0.1) is 11.3 Å². The highest BCUT2D eigenvalue weighted by Crippen LogP contribution is 2.53. The molecule has 49 heavy (non-hydrogen) atoms. The zero-order chi connectivity index (χ0) is 36.2. The number of carbonyl (C=O) groups excluding carboxylic acids is 4. The van der Waals surface area contributed by atoms with E-state index in [0.717, 1.165) is 45.1 Å². The molecule has 0 bridgehead atoms. The SMILES string of the molecule is CC(C)(O/N=C(\C(=O)CC1C(=O)N2C[C@@](C(=O)O)(N3CCN(/N=C(\C(N)=O)c4ccc(O)c(O)c4Cl)C3=O)S[C@H]12)c1csc(N)n1)C(=O)O. The summed E-state index contributed by atoms with van der Waals surface area (Å²) < 4.78 is 0. The first kappa shape index (κ1) is 35.2. The van der Waals surface area contributed by atoms with Crippen LogP contribution < -0.4 is 11.5 Å². The van der Waals surface area contributed by atoms with Crippen molar-refractivity contribution in [3.63, 3.8) is 0 Å². The lowest BCUT2D eigenvalue weighted by molar-refractivity contribution is -0.161. The normalized spacial score (nSPS) is 22.6. The number of aromatic nitrogens is 1. The monoisotopic (exact) mass is 738 g/mol. The van der Waals surface area contributed by atoms with E-state index in [1.54, 1.807) is 0 Å². The number of thioether (sulfide) groups is 1. The smallest absolute Gasteiger partial charge is 0.350 e. The molecule has 0 saturated carbocycles. The van der Waals surface area contributed by atoms with Crippen molar-refractivity contribution in [2.75, 3.05) is 25.4 Å². The summed E-state index contributed by atoms with van der Waals surface area (Å²) in [6.07, 6.45) is -0.484. The van der Waals surface area contributed by atoms with Crippen molar-refractivity contribution in [1.29, 1.82) is 0 Å². The van der Waals surface area contributed by atoms with E-state index in [9.17, 15) is 49.2 Å². The molecule has 1 unspecified atom stereocenters. The number of phenols is 2. The second kappa shape index (κ2) is 12.7.